The summed E-state index contributed by atoms with van der Waals surface area (Å²) in [5.41, 5.74) is 0.966. The average molecular weight is 819 g/mol. The van der Waals surface area contributed by atoms with Crippen LogP contribution in [0.15, 0.2) is 92.0 Å². The van der Waals surface area contributed by atoms with Gasteiger partial charge in [-0.2, -0.15) is 0 Å². The van der Waals surface area contributed by atoms with Gasteiger partial charge in [-0.05, 0) is 111 Å². The summed E-state index contributed by atoms with van der Waals surface area (Å²) >= 11 is 0. The van der Waals surface area contributed by atoms with E-state index in [0.29, 0.717) is 31.6 Å². The van der Waals surface area contributed by atoms with Crippen LogP contribution in [0.4, 0.5) is 9.59 Å². The third-order valence-corrected chi connectivity index (χ3v) is 8.56. The van der Waals surface area contributed by atoms with E-state index in [1.165, 1.54) is 66.7 Å². The first-order valence-electron chi connectivity index (χ1n) is 19.7. The predicted molar refractivity (Wildman–Crippen MR) is 217 cm³/mol. The standard InChI is InChI=1S/C45H54O14/c1-4-40(46)52-28-14-10-6-8-12-16-30-54-44(50)57-36-22-18-34(19-23-36)42(48)56-38-26-27-39(33(3)32-38)59-43(49)35-20-24-37(25-21-35)58-45(51)55-31-17-13-9-7-11-15-29-53-41(47)5-2/h4-5,18-27,32,41,47H,1-2,6-17,28-31H2,3H3. The minimum Gasteiger partial charge on any atom is -0.463 e. The molecule has 0 saturated carbocycles. The van der Waals surface area contributed by atoms with Crippen molar-refractivity contribution in [1.82, 2.24) is 0 Å². The number of esters is 3. The summed E-state index contributed by atoms with van der Waals surface area (Å²) in [6.45, 7) is 9.79. The van der Waals surface area contributed by atoms with Crippen LogP contribution in [0.2, 0.25) is 0 Å². The van der Waals surface area contributed by atoms with Gasteiger partial charge in [-0.1, -0.05) is 64.5 Å². The molecule has 1 atom stereocenters. The van der Waals surface area contributed by atoms with Gasteiger partial charge in [0.25, 0.3) is 0 Å². The number of ether oxygens (including phenoxy) is 8. The number of hydrogen-bond donors (Lipinski definition) is 1. The van der Waals surface area contributed by atoms with Crippen LogP contribution in [0.1, 0.15) is 103 Å². The smallest absolute Gasteiger partial charge is 0.463 e. The normalized spacial score (nSPS) is 11.1. The summed E-state index contributed by atoms with van der Waals surface area (Å²) in [7, 11) is 0. The molecule has 0 spiro atoms. The number of benzene rings is 3. The molecule has 3 rings (SSSR count). The molecule has 1 unspecified atom stereocenters. The number of aliphatic hydroxyl groups is 1. The van der Waals surface area contributed by atoms with Gasteiger partial charge in [-0.3, -0.25) is 0 Å². The summed E-state index contributed by atoms with van der Waals surface area (Å²) in [4.78, 5) is 60.7. The van der Waals surface area contributed by atoms with Crippen molar-refractivity contribution in [2.24, 2.45) is 0 Å². The van der Waals surface area contributed by atoms with Crippen molar-refractivity contribution in [3.63, 3.8) is 0 Å². The summed E-state index contributed by atoms with van der Waals surface area (Å²) < 4.78 is 41.7. The molecule has 0 radical (unpaired) electrons. The number of rotatable bonds is 27. The monoisotopic (exact) mass is 818 g/mol. The Morgan fingerprint density at radius 1 is 0.542 bits per heavy atom. The van der Waals surface area contributed by atoms with Gasteiger partial charge in [0.1, 0.15) is 23.0 Å². The molecule has 59 heavy (non-hydrogen) atoms. The second-order valence-corrected chi connectivity index (χ2v) is 13.3. The lowest BCUT2D eigenvalue weighted by molar-refractivity contribution is -0.137. The second-order valence-electron chi connectivity index (χ2n) is 13.3. The lowest BCUT2D eigenvalue weighted by Crippen LogP contribution is -2.13. The van der Waals surface area contributed by atoms with Gasteiger partial charge in [-0.15, -0.1) is 0 Å². The highest BCUT2D eigenvalue weighted by Crippen LogP contribution is 2.26. The predicted octanol–water partition coefficient (Wildman–Crippen LogP) is 9.40. The number of carbonyl (C=O) groups excluding carboxylic acids is 5. The highest BCUT2D eigenvalue weighted by Gasteiger charge is 2.15. The van der Waals surface area contributed by atoms with Gasteiger partial charge in [0.15, 0.2) is 6.29 Å². The van der Waals surface area contributed by atoms with Gasteiger partial charge in [0, 0.05) is 6.08 Å². The Morgan fingerprint density at radius 3 is 1.42 bits per heavy atom. The summed E-state index contributed by atoms with van der Waals surface area (Å²) in [5, 5.41) is 9.26. The van der Waals surface area contributed by atoms with Crippen LogP contribution in [-0.4, -0.2) is 68.0 Å². The highest BCUT2D eigenvalue weighted by atomic mass is 16.7. The fourth-order valence-electron chi connectivity index (χ4n) is 5.33. The average Bonchev–Trinajstić information content (AvgIpc) is 3.23. The zero-order valence-corrected chi connectivity index (χ0v) is 33.6. The van der Waals surface area contributed by atoms with Crippen LogP contribution >= 0.6 is 0 Å². The maximum Gasteiger partial charge on any atom is 0.513 e. The molecule has 0 aliphatic heterocycles. The van der Waals surface area contributed by atoms with E-state index in [1.54, 1.807) is 13.0 Å². The van der Waals surface area contributed by atoms with Crippen molar-refractivity contribution >= 4 is 30.2 Å². The molecule has 318 valence electrons. The Hall–Kier alpha value is -5.99. The number of aryl methyl sites for hydroxylation is 1. The van der Waals surface area contributed by atoms with E-state index in [2.05, 4.69) is 13.2 Å². The van der Waals surface area contributed by atoms with Gasteiger partial charge in [0.2, 0.25) is 0 Å². The summed E-state index contributed by atoms with van der Waals surface area (Å²) in [6.07, 6.45) is 10.5. The van der Waals surface area contributed by atoms with Gasteiger partial charge in [0.05, 0.1) is 37.6 Å². The molecule has 0 aliphatic rings. The maximum atomic E-state index is 12.8. The number of hydrogen-bond acceptors (Lipinski definition) is 14. The molecule has 14 nitrogen and oxygen atoms in total. The van der Waals surface area contributed by atoms with Crippen molar-refractivity contribution in [2.75, 3.05) is 26.4 Å². The second kappa shape index (κ2) is 27.6. The lowest BCUT2D eigenvalue weighted by Gasteiger charge is -2.11. The first kappa shape index (κ1) is 47.4. The summed E-state index contributed by atoms with van der Waals surface area (Å²) in [6, 6.07) is 16.2. The zero-order valence-electron chi connectivity index (χ0n) is 33.6. The first-order valence-corrected chi connectivity index (χ1v) is 19.7. The third-order valence-electron chi connectivity index (χ3n) is 8.56. The van der Waals surface area contributed by atoms with Gasteiger partial charge >= 0.3 is 30.2 Å². The van der Waals surface area contributed by atoms with Crippen molar-refractivity contribution in [3.8, 4) is 23.0 Å². The zero-order chi connectivity index (χ0) is 42.7. The molecule has 3 aromatic carbocycles. The topological polar surface area (TPSA) is 179 Å². The Morgan fingerprint density at radius 2 is 0.966 bits per heavy atom. The van der Waals surface area contributed by atoms with Gasteiger partial charge in [-0.25, -0.2) is 24.0 Å². The van der Waals surface area contributed by atoms with E-state index in [-0.39, 0.29) is 47.3 Å². The van der Waals surface area contributed by atoms with Gasteiger partial charge < -0.3 is 43.0 Å². The molecular formula is C45H54O14. The van der Waals surface area contributed by atoms with E-state index in [1.807, 2.05) is 0 Å². The fourth-order valence-corrected chi connectivity index (χ4v) is 5.33. The quantitative estimate of drug-likeness (QED) is 0.0112. The number of unbranched alkanes of at least 4 members (excludes halogenated alkanes) is 10. The van der Waals surface area contributed by atoms with Crippen molar-refractivity contribution < 1.29 is 67.0 Å². The maximum absolute atomic E-state index is 12.8. The van der Waals surface area contributed by atoms with Crippen LogP contribution in [0.3, 0.4) is 0 Å². The lowest BCUT2D eigenvalue weighted by atomic mass is 10.1. The molecule has 14 heteroatoms. The molecule has 1 N–H and O–H groups in total. The minimum atomic E-state index is -0.922. The summed E-state index contributed by atoms with van der Waals surface area (Å²) in [5.74, 6) is -0.828. The molecule has 0 aliphatic carbocycles. The van der Waals surface area contributed by atoms with Crippen molar-refractivity contribution in [1.29, 1.82) is 0 Å². The molecule has 0 amide bonds. The van der Waals surface area contributed by atoms with Crippen molar-refractivity contribution in [2.45, 2.75) is 90.3 Å². The van der Waals surface area contributed by atoms with Crippen molar-refractivity contribution in [3.05, 3.63) is 109 Å². The van der Waals surface area contributed by atoms with E-state index in [0.717, 1.165) is 70.3 Å². The number of carbonyl (C=O) groups is 5. The van der Waals surface area contributed by atoms with E-state index < -0.39 is 36.5 Å². The van der Waals surface area contributed by atoms with Crippen LogP contribution in [0.25, 0.3) is 0 Å². The Labute approximate surface area is 345 Å². The Kier molecular flexibility index (Phi) is 22.2. The molecule has 3 aromatic rings. The molecule has 0 fully saturated rings. The minimum absolute atomic E-state index is 0.200. The third kappa shape index (κ3) is 19.8. The van der Waals surface area contributed by atoms with Crippen LogP contribution < -0.4 is 18.9 Å². The number of aliphatic hydroxyl groups excluding tert-OH is 1. The highest BCUT2D eigenvalue weighted by molar-refractivity contribution is 5.92. The first-order chi connectivity index (χ1) is 28.6. The van der Waals surface area contributed by atoms with Crippen LogP contribution in [0.5, 0.6) is 23.0 Å². The van der Waals surface area contributed by atoms with E-state index in [4.69, 9.17) is 37.9 Å². The van der Waals surface area contributed by atoms with E-state index in [9.17, 15) is 29.1 Å². The van der Waals surface area contributed by atoms with E-state index >= 15 is 0 Å². The molecule has 0 aromatic heterocycles. The largest absolute Gasteiger partial charge is 0.513 e. The molecular weight excluding hydrogens is 764 g/mol. The fraction of sp³-hybridized carbons (Fsp3) is 0.400. The molecule has 0 heterocycles. The van der Waals surface area contributed by atoms with Crippen LogP contribution in [0, 0.1) is 6.92 Å². The SMILES string of the molecule is C=CC(=O)OCCCCCCCCOC(=O)Oc1ccc(C(=O)Oc2ccc(OC(=O)c3ccc(OC(=O)OCCCCCCCCOC(O)C=C)cc3)c(C)c2)cc1. The molecule has 0 saturated heterocycles. The van der Waals surface area contributed by atoms with Crippen LogP contribution in [-0.2, 0) is 23.7 Å². The Bertz CT molecular complexity index is 1790. The molecule has 0 bridgehead atoms. The Balaban J connectivity index is 1.30.